The van der Waals surface area contributed by atoms with Crippen molar-refractivity contribution in [2.24, 2.45) is 0 Å². The summed E-state index contributed by atoms with van der Waals surface area (Å²) >= 11 is 0. The lowest BCUT2D eigenvalue weighted by atomic mass is 9.98. The predicted octanol–water partition coefficient (Wildman–Crippen LogP) is 3.34. The minimum atomic E-state index is 0.482. The molecular formula is C15H24N2O. The molecule has 0 amide bonds. The van der Waals surface area contributed by atoms with Crippen LogP contribution in [0.5, 0.6) is 0 Å². The highest BCUT2D eigenvalue weighted by atomic mass is 16.5. The quantitative estimate of drug-likeness (QED) is 0.620. The van der Waals surface area contributed by atoms with Crippen LogP contribution in [0, 0.1) is 6.92 Å². The molecule has 0 unspecified atom stereocenters. The van der Waals surface area contributed by atoms with E-state index in [-0.39, 0.29) is 0 Å². The summed E-state index contributed by atoms with van der Waals surface area (Å²) in [7, 11) is 0. The summed E-state index contributed by atoms with van der Waals surface area (Å²) < 4.78 is 5.87. The van der Waals surface area contributed by atoms with E-state index < -0.39 is 0 Å². The Morgan fingerprint density at radius 1 is 1.28 bits per heavy atom. The lowest BCUT2D eigenvalue weighted by Crippen LogP contribution is -2.20. The number of ether oxygens (including phenoxy) is 1. The van der Waals surface area contributed by atoms with Crippen LogP contribution in [-0.2, 0) is 4.74 Å². The maximum Gasteiger partial charge on any atom is 0.0642 e. The van der Waals surface area contributed by atoms with Gasteiger partial charge in [-0.15, -0.1) is 0 Å². The maximum absolute atomic E-state index is 5.91. The van der Waals surface area contributed by atoms with Crippen molar-refractivity contribution in [1.82, 2.24) is 0 Å². The second kappa shape index (κ2) is 6.64. The molecule has 1 saturated carbocycles. The molecule has 1 aromatic rings. The zero-order valence-electron chi connectivity index (χ0n) is 11.2. The van der Waals surface area contributed by atoms with Crippen molar-refractivity contribution in [2.45, 2.75) is 45.1 Å². The van der Waals surface area contributed by atoms with Crippen LogP contribution in [-0.4, -0.2) is 19.3 Å². The van der Waals surface area contributed by atoms with Crippen molar-refractivity contribution in [3.8, 4) is 0 Å². The van der Waals surface area contributed by atoms with Crippen molar-refractivity contribution < 1.29 is 4.74 Å². The number of nitrogens with two attached hydrogens (primary N) is 1. The van der Waals surface area contributed by atoms with Crippen LogP contribution in [0.2, 0.25) is 0 Å². The third-order valence-electron chi connectivity index (χ3n) is 3.53. The molecule has 0 spiro atoms. The summed E-state index contributed by atoms with van der Waals surface area (Å²) in [6.07, 6.45) is 6.96. The summed E-state index contributed by atoms with van der Waals surface area (Å²) in [4.78, 5) is 0. The largest absolute Gasteiger partial charge is 0.397 e. The molecule has 0 radical (unpaired) electrons. The normalized spacial score (nSPS) is 16.7. The van der Waals surface area contributed by atoms with Gasteiger partial charge in [-0.1, -0.05) is 25.3 Å². The van der Waals surface area contributed by atoms with Crippen LogP contribution in [0.25, 0.3) is 0 Å². The Hall–Kier alpha value is -1.22. The Morgan fingerprint density at radius 3 is 2.83 bits per heavy atom. The van der Waals surface area contributed by atoms with Gasteiger partial charge in [0, 0.05) is 6.54 Å². The molecule has 0 saturated heterocycles. The molecule has 3 N–H and O–H groups in total. The summed E-state index contributed by atoms with van der Waals surface area (Å²) in [5.74, 6) is 0. The fraction of sp³-hybridized carbons (Fsp3) is 0.600. The average molecular weight is 248 g/mol. The Balaban J connectivity index is 1.69. The van der Waals surface area contributed by atoms with Gasteiger partial charge in [-0.3, -0.25) is 0 Å². The molecule has 0 bridgehead atoms. The number of hydrogen-bond donors (Lipinski definition) is 2. The van der Waals surface area contributed by atoms with Crippen molar-refractivity contribution in [1.29, 1.82) is 0 Å². The number of benzene rings is 1. The van der Waals surface area contributed by atoms with Crippen molar-refractivity contribution in [2.75, 3.05) is 24.2 Å². The smallest absolute Gasteiger partial charge is 0.0642 e. The third kappa shape index (κ3) is 3.91. The SMILES string of the molecule is Cc1ccc(N)c(NCCOC2CCCCC2)c1. The Bertz CT molecular complexity index is 373. The molecule has 3 heteroatoms. The maximum atomic E-state index is 5.91. The highest BCUT2D eigenvalue weighted by Crippen LogP contribution is 2.21. The predicted molar refractivity (Wildman–Crippen MR) is 76.9 cm³/mol. The Labute approximate surface area is 110 Å². The van der Waals surface area contributed by atoms with E-state index in [2.05, 4.69) is 18.3 Å². The van der Waals surface area contributed by atoms with Gasteiger partial charge in [0.05, 0.1) is 24.1 Å². The van der Waals surface area contributed by atoms with Gasteiger partial charge in [0.2, 0.25) is 0 Å². The van der Waals surface area contributed by atoms with E-state index in [1.165, 1.54) is 37.7 Å². The standard InChI is InChI=1S/C15H24N2O/c1-12-7-8-14(16)15(11-12)17-9-10-18-13-5-3-2-4-6-13/h7-8,11,13,17H,2-6,9-10,16H2,1H3. The number of aryl methyl sites for hydroxylation is 1. The van der Waals surface area contributed by atoms with Gasteiger partial charge in [0.25, 0.3) is 0 Å². The molecule has 1 aliphatic rings. The Kier molecular flexibility index (Phi) is 4.88. The molecule has 1 aromatic carbocycles. The Morgan fingerprint density at radius 2 is 2.06 bits per heavy atom. The van der Waals surface area contributed by atoms with Gasteiger partial charge in [-0.05, 0) is 37.5 Å². The lowest BCUT2D eigenvalue weighted by molar-refractivity contribution is 0.0347. The topological polar surface area (TPSA) is 47.3 Å². The first-order valence-electron chi connectivity index (χ1n) is 6.97. The monoisotopic (exact) mass is 248 g/mol. The molecule has 0 aliphatic heterocycles. The second-order valence-electron chi connectivity index (χ2n) is 5.15. The number of nitrogen functional groups attached to an aromatic ring is 1. The van der Waals surface area contributed by atoms with Crippen LogP contribution in [0.1, 0.15) is 37.7 Å². The first-order chi connectivity index (χ1) is 8.75. The first-order valence-corrected chi connectivity index (χ1v) is 6.97. The van der Waals surface area contributed by atoms with Crippen molar-refractivity contribution in [3.05, 3.63) is 23.8 Å². The third-order valence-corrected chi connectivity index (χ3v) is 3.53. The lowest BCUT2D eigenvalue weighted by Gasteiger charge is -2.22. The molecule has 0 atom stereocenters. The molecule has 1 fully saturated rings. The summed E-state index contributed by atoms with van der Waals surface area (Å²) in [6.45, 7) is 3.66. The number of rotatable bonds is 5. The summed E-state index contributed by atoms with van der Waals surface area (Å²) in [5, 5.41) is 3.34. The number of anilines is 2. The van der Waals surface area contributed by atoms with Gasteiger partial charge in [-0.25, -0.2) is 0 Å². The minimum absolute atomic E-state index is 0.482. The van der Waals surface area contributed by atoms with Crippen molar-refractivity contribution >= 4 is 11.4 Å². The van der Waals surface area contributed by atoms with E-state index in [0.717, 1.165) is 24.5 Å². The van der Waals surface area contributed by atoms with Crippen LogP contribution >= 0.6 is 0 Å². The summed E-state index contributed by atoms with van der Waals surface area (Å²) in [5.41, 5.74) is 8.95. The van der Waals surface area contributed by atoms with Gasteiger partial charge in [0.1, 0.15) is 0 Å². The molecule has 0 heterocycles. The van der Waals surface area contributed by atoms with E-state index >= 15 is 0 Å². The fourth-order valence-electron chi connectivity index (χ4n) is 2.47. The van der Waals surface area contributed by atoms with Crippen LogP contribution in [0.15, 0.2) is 18.2 Å². The van der Waals surface area contributed by atoms with Crippen LogP contribution < -0.4 is 11.1 Å². The molecule has 0 aromatic heterocycles. The van der Waals surface area contributed by atoms with E-state index in [4.69, 9.17) is 10.5 Å². The average Bonchev–Trinajstić information content (AvgIpc) is 2.40. The highest BCUT2D eigenvalue weighted by molar-refractivity contribution is 5.66. The highest BCUT2D eigenvalue weighted by Gasteiger charge is 2.12. The van der Waals surface area contributed by atoms with Gasteiger partial charge in [-0.2, -0.15) is 0 Å². The molecule has 18 heavy (non-hydrogen) atoms. The van der Waals surface area contributed by atoms with Gasteiger partial charge in [0.15, 0.2) is 0 Å². The number of nitrogens with one attached hydrogen (secondary N) is 1. The first kappa shape index (κ1) is 13.2. The van der Waals surface area contributed by atoms with E-state index in [0.29, 0.717) is 6.10 Å². The van der Waals surface area contributed by atoms with Crippen molar-refractivity contribution in [3.63, 3.8) is 0 Å². The van der Waals surface area contributed by atoms with Crippen LogP contribution in [0.4, 0.5) is 11.4 Å². The minimum Gasteiger partial charge on any atom is -0.397 e. The molecule has 3 nitrogen and oxygen atoms in total. The fourth-order valence-corrected chi connectivity index (χ4v) is 2.47. The van der Waals surface area contributed by atoms with E-state index in [1.807, 2.05) is 12.1 Å². The zero-order chi connectivity index (χ0) is 12.8. The van der Waals surface area contributed by atoms with Gasteiger partial charge < -0.3 is 15.8 Å². The van der Waals surface area contributed by atoms with E-state index in [1.54, 1.807) is 0 Å². The van der Waals surface area contributed by atoms with Crippen LogP contribution in [0.3, 0.4) is 0 Å². The van der Waals surface area contributed by atoms with Gasteiger partial charge >= 0.3 is 0 Å². The summed E-state index contributed by atoms with van der Waals surface area (Å²) in [6, 6.07) is 6.05. The zero-order valence-corrected chi connectivity index (χ0v) is 11.2. The second-order valence-corrected chi connectivity index (χ2v) is 5.15. The molecule has 100 valence electrons. The number of hydrogen-bond acceptors (Lipinski definition) is 3. The molecule has 2 rings (SSSR count). The molecule has 1 aliphatic carbocycles. The van der Waals surface area contributed by atoms with E-state index in [9.17, 15) is 0 Å². The molecular weight excluding hydrogens is 224 g/mol.